The van der Waals surface area contributed by atoms with E-state index < -0.39 is 0 Å². The summed E-state index contributed by atoms with van der Waals surface area (Å²) in [5.41, 5.74) is 2.24. The van der Waals surface area contributed by atoms with Crippen molar-refractivity contribution < 1.29 is 0 Å². The van der Waals surface area contributed by atoms with Crippen LogP contribution in [0.4, 0.5) is 5.95 Å². The third kappa shape index (κ3) is 2.97. The van der Waals surface area contributed by atoms with Gasteiger partial charge in [-0.3, -0.25) is 4.98 Å². The van der Waals surface area contributed by atoms with Crippen molar-refractivity contribution in [2.75, 3.05) is 5.32 Å². The smallest absolute Gasteiger partial charge is 0.243 e. The van der Waals surface area contributed by atoms with Crippen molar-refractivity contribution in [3.63, 3.8) is 0 Å². The van der Waals surface area contributed by atoms with Crippen LogP contribution in [0.1, 0.15) is 11.1 Å². The molecule has 0 atom stereocenters. The molecule has 0 unspecified atom stereocenters. The Kier molecular flexibility index (Phi) is 3.64. The fourth-order valence-corrected chi connectivity index (χ4v) is 1.88. The molecule has 20 heavy (non-hydrogen) atoms. The molecule has 0 saturated heterocycles. The number of tetrazole rings is 1. The molecule has 2 heterocycles. The van der Waals surface area contributed by atoms with E-state index in [4.69, 9.17) is 0 Å². The molecule has 2 aromatic heterocycles. The van der Waals surface area contributed by atoms with Crippen molar-refractivity contribution in [2.45, 2.75) is 13.1 Å². The summed E-state index contributed by atoms with van der Waals surface area (Å²) < 4.78 is 1.74. The number of hydrogen-bond donors (Lipinski definition) is 1. The van der Waals surface area contributed by atoms with Gasteiger partial charge in [0, 0.05) is 18.9 Å². The fraction of sp³-hybridized carbons (Fsp3) is 0.143. The van der Waals surface area contributed by atoms with Crippen LogP contribution in [-0.4, -0.2) is 25.2 Å². The number of benzene rings is 1. The Morgan fingerprint density at radius 2 is 1.85 bits per heavy atom. The molecule has 1 N–H and O–H groups in total. The molecule has 0 radical (unpaired) electrons. The maximum atomic E-state index is 4.08. The summed E-state index contributed by atoms with van der Waals surface area (Å²) >= 11 is 0. The van der Waals surface area contributed by atoms with E-state index in [0.717, 1.165) is 11.1 Å². The number of anilines is 1. The highest BCUT2D eigenvalue weighted by Crippen LogP contribution is 2.07. The zero-order valence-electron chi connectivity index (χ0n) is 10.8. The van der Waals surface area contributed by atoms with Gasteiger partial charge in [-0.2, -0.15) is 0 Å². The van der Waals surface area contributed by atoms with E-state index in [-0.39, 0.29) is 0 Å². The average molecular weight is 266 g/mol. The van der Waals surface area contributed by atoms with E-state index >= 15 is 0 Å². The number of pyridine rings is 1. The Bertz CT molecular complexity index is 650. The molecule has 0 aliphatic heterocycles. The number of hydrogen-bond acceptors (Lipinski definition) is 5. The molecule has 0 fully saturated rings. The van der Waals surface area contributed by atoms with Gasteiger partial charge in [-0.05, 0) is 27.6 Å². The quantitative estimate of drug-likeness (QED) is 0.761. The Labute approximate surface area is 116 Å². The third-order valence-electron chi connectivity index (χ3n) is 2.88. The fourth-order valence-electron chi connectivity index (χ4n) is 1.88. The van der Waals surface area contributed by atoms with Crippen molar-refractivity contribution >= 4 is 5.95 Å². The van der Waals surface area contributed by atoms with E-state index in [1.165, 1.54) is 0 Å². The molecule has 0 amide bonds. The summed E-state index contributed by atoms with van der Waals surface area (Å²) in [6.45, 7) is 1.28. The molecule has 3 aromatic rings. The first kappa shape index (κ1) is 12.3. The Morgan fingerprint density at radius 3 is 2.65 bits per heavy atom. The predicted octanol–water partition coefficient (Wildman–Crippen LogP) is 1.73. The summed E-state index contributed by atoms with van der Waals surface area (Å²) in [6.07, 6.45) is 3.57. The molecule has 6 nitrogen and oxygen atoms in total. The van der Waals surface area contributed by atoms with Gasteiger partial charge in [0.15, 0.2) is 0 Å². The van der Waals surface area contributed by atoms with Crippen molar-refractivity contribution in [3.8, 4) is 0 Å². The number of nitrogens with one attached hydrogen (secondary N) is 1. The number of aromatic nitrogens is 5. The highest BCUT2D eigenvalue weighted by Gasteiger charge is 2.05. The number of nitrogens with zero attached hydrogens (tertiary/aromatic N) is 5. The lowest BCUT2D eigenvalue weighted by Gasteiger charge is -2.07. The van der Waals surface area contributed by atoms with Gasteiger partial charge < -0.3 is 5.32 Å². The first-order chi connectivity index (χ1) is 9.92. The molecule has 100 valence electrons. The first-order valence-corrected chi connectivity index (χ1v) is 6.35. The van der Waals surface area contributed by atoms with E-state index in [9.17, 15) is 0 Å². The molecule has 1 aromatic carbocycles. The van der Waals surface area contributed by atoms with Crippen molar-refractivity contribution in [2.24, 2.45) is 0 Å². The van der Waals surface area contributed by atoms with Gasteiger partial charge in [0.25, 0.3) is 0 Å². The molecule has 6 heteroatoms. The lowest BCUT2D eigenvalue weighted by atomic mass is 10.2. The second kappa shape index (κ2) is 5.92. The monoisotopic (exact) mass is 266 g/mol. The summed E-state index contributed by atoms with van der Waals surface area (Å²) in [4.78, 5) is 4.08. The zero-order valence-corrected chi connectivity index (χ0v) is 10.8. The third-order valence-corrected chi connectivity index (χ3v) is 2.88. The summed E-state index contributed by atoms with van der Waals surface area (Å²) in [6, 6.07) is 14.0. The summed E-state index contributed by atoms with van der Waals surface area (Å²) in [7, 11) is 0. The highest BCUT2D eigenvalue weighted by atomic mass is 15.6. The molecule has 0 spiro atoms. The van der Waals surface area contributed by atoms with Crippen LogP contribution < -0.4 is 5.32 Å². The summed E-state index contributed by atoms with van der Waals surface area (Å²) in [5.74, 6) is 0.651. The first-order valence-electron chi connectivity index (χ1n) is 6.35. The van der Waals surface area contributed by atoms with Crippen LogP contribution >= 0.6 is 0 Å². The van der Waals surface area contributed by atoms with E-state index in [1.807, 2.05) is 48.7 Å². The molecule has 0 aliphatic carbocycles. The molecule has 0 aliphatic rings. The minimum atomic E-state index is 0.642. The minimum absolute atomic E-state index is 0.642. The van der Waals surface area contributed by atoms with Gasteiger partial charge in [0.2, 0.25) is 5.95 Å². The number of rotatable bonds is 5. The molecule has 3 rings (SSSR count). The lowest BCUT2D eigenvalue weighted by molar-refractivity contribution is 0.651. The minimum Gasteiger partial charge on any atom is -0.349 e. The normalized spacial score (nSPS) is 10.4. The Morgan fingerprint density at radius 1 is 1.00 bits per heavy atom. The van der Waals surface area contributed by atoms with Gasteiger partial charge in [0.1, 0.15) is 0 Å². The van der Waals surface area contributed by atoms with Crippen LogP contribution in [0.2, 0.25) is 0 Å². The largest absolute Gasteiger partial charge is 0.349 e. The second-order valence-corrected chi connectivity index (χ2v) is 4.36. The van der Waals surface area contributed by atoms with E-state index in [2.05, 4.69) is 25.8 Å². The van der Waals surface area contributed by atoms with Gasteiger partial charge in [-0.15, -0.1) is 0 Å². The van der Waals surface area contributed by atoms with Crippen LogP contribution in [0.3, 0.4) is 0 Å². The predicted molar refractivity (Wildman–Crippen MR) is 74.9 cm³/mol. The van der Waals surface area contributed by atoms with Crippen molar-refractivity contribution in [1.29, 1.82) is 0 Å². The van der Waals surface area contributed by atoms with Crippen molar-refractivity contribution in [3.05, 3.63) is 66.0 Å². The van der Waals surface area contributed by atoms with E-state index in [1.54, 1.807) is 10.9 Å². The van der Waals surface area contributed by atoms with Gasteiger partial charge in [-0.25, -0.2) is 4.68 Å². The topological polar surface area (TPSA) is 68.5 Å². The Balaban J connectivity index is 1.68. The molecular formula is C14H14N6. The van der Waals surface area contributed by atoms with Gasteiger partial charge in [-0.1, -0.05) is 41.5 Å². The van der Waals surface area contributed by atoms with Gasteiger partial charge in [0.05, 0.1) is 6.54 Å². The van der Waals surface area contributed by atoms with Gasteiger partial charge >= 0.3 is 0 Å². The highest BCUT2D eigenvalue weighted by molar-refractivity contribution is 5.26. The SMILES string of the molecule is c1ccc(Cn2nnnc2NCc2cccnc2)cc1. The molecular weight excluding hydrogens is 252 g/mol. The molecule has 0 bridgehead atoms. The van der Waals surface area contributed by atoms with E-state index in [0.29, 0.717) is 19.0 Å². The van der Waals surface area contributed by atoms with Crippen LogP contribution in [0.25, 0.3) is 0 Å². The standard InChI is InChI=1S/C14H14N6/c1-2-5-12(6-3-1)11-20-14(17-18-19-20)16-10-13-7-4-8-15-9-13/h1-9H,10-11H2,(H,16,17,19). The Hall–Kier alpha value is -2.76. The second-order valence-electron chi connectivity index (χ2n) is 4.36. The van der Waals surface area contributed by atoms with Crippen LogP contribution in [0, 0.1) is 0 Å². The van der Waals surface area contributed by atoms with Crippen molar-refractivity contribution in [1.82, 2.24) is 25.2 Å². The maximum Gasteiger partial charge on any atom is 0.243 e. The van der Waals surface area contributed by atoms with Crippen LogP contribution in [0.15, 0.2) is 54.9 Å². The zero-order chi connectivity index (χ0) is 13.6. The summed E-state index contributed by atoms with van der Waals surface area (Å²) in [5, 5.41) is 14.9. The molecule has 0 saturated carbocycles. The van der Waals surface area contributed by atoms with Crippen LogP contribution in [-0.2, 0) is 13.1 Å². The van der Waals surface area contributed by atoms with Crippen LogP contribution in [0.5, 0.6) is 0 Å². The lowest BCUT2D eigenvalue weighted by Crippen LogP contribution is -2.09. The maximum absolute atomic E-state index is 4.08. The average Bonchev–Trinajstić information content (AvgIpc) is 2.94.